The lowest BCUT2D eigenvalue weighted by atomic mass is 10.1. The van der Waals surface area contributed by atoms with Crippen molar-refractivity contribution in [1.29, 1.82) is 0 Å². The highest BCUT2D eigenvalue weighted by molar-refractivity contribution is 6.31. The molecular weight excluding hydrogens is 374 g/mol. The number of nitro groups is 1. The summed E-state index contributed by atoms with van der Waals surface area (Å²) in [5, 5.41) is 32.8. The molecule has 2 rings (SSSR count). The summed E-state index contributed by atoms with van der Waals surface area (Å²) >= 11 is 6.07. The van der Waals surface area contributed by atoms with Gasteiger partial charge in [-0.05, 0) is 30.7 Å². The van der Waals surface area contributed by atoms with Crippen LogP contribution in [0.3, 0.4) is 0 Å². The minimum absolute atomic E-state index is 0.0581. The fourth-order valence-electron chi connectivity index (χ4n) is 2.56. The third kappa shape index (κ3) is 5.16. The molecule has 3 N–H and O–H groups in total. The average molecular weight is 394 g/mol. The molecule has 0 unspecified atom stereocenters. The third-order valence-electron chi connectivity index (χ3n) is 3.95. The van der Waals surface area contributed by atoms with Crippen LogP contribution in [-0.2, 0) is 0 Å². The summed E-state index contributed by atoms with van der Waals surface area (Å²) < 4.78 is 0. The molecule has 0 radical (unpaired) electrons. The molecule has 27 heavy (non-hydrogen) atoms. The van der Waals surface area contributed by atoms with Crippen molar-refractivity contribution in [3.05, 3.63) is 62.7 Å². The lowest BCUT2D eigenvalue weighted by molar-refractivity contribution is -0.384. The molecule has 8 nitrogen and oxygen atoms in total. The number of aryl methyl sites for hydroxylation is 1. The summed E-state index contributed by atoms with van der Waals surface area (Å²) in [4.78, 5) is 24.9. The molecule has 0 saturated heterocycles. The molecule has 0 fully saturated rings. The van der Waals surface area contributed by atoms with Crippen molar-refractivity contribution < 1.29 is 19.9 Å². The standard InChI is InChI=1S/C18H20ClN3O5/c1-12-2-3-13(10-16(12)19)20-18(25)15-11-14(22(26)27)4-5-17(15)21(6-8-23)7-9-24/h2-5,10-11,23-24H,6-9H2,1H3,(H,20,25). The second-order valence-corrected chi connectivity index (χ2v) is 6.22. The first-order chi connectivity index (χ1) is 12.9. The fraction of sp³-hybridized carbons (Fsp3) is 0.278. The molecule has 1 amide bonds. The van der Waals surface area contributed by atoms with Gasteiger partial charge in [0, 0.05) is 35.9 Å². The zero-order valence-corrected chi connectivity index (χ0v) is 15.4. The van der Waals surface area contributed by atoms with Crippen molar-refractivity contribution in [3.8, 4) is 0 Å². The Balaban J connectivity index is 2.43. The maximum absolute atomic E-state index is 12.8. The Morgan fingerprint density at radius 2 is 1.85 bits per heavy atom. The van der Waals surface area contributed by atoms with E-state index in [1.807, 2.05) is 6.92 Å². The lowest BCUT2D eigenvalue weighted by Crippen LogP contribution is -2.31. The van der Waals surface area contributed by atoms with Crippen LogP contribution in [0.1, 0.15) is 15.9 Å². The number of non-ortho nitro benzene ring substituents is 1. The summed E-state index contributed by atoms with van der Waals surface area (Å²) in [6.07, 6.45) is 0. The van der Waals surface area contributed by atoms with Crippen LogP contribution in [0.2, 0.25) is 5.02 Å². The van der Waals surface area contributed by atoms with Crippen molar-refractivity contribution in [1.82, 2.24) is 0 Å². The predicted molar refractivity (Wildman–Crippen MR) is 104 cm³/mol. The van der Waals surface area contributed by atoms with E-state index in [9.17, 15) is 25.1 Å². The van der Waals surface area contributed by atoms with E-state index in [1.54, 1.807) is 23.1 Å². The molecule has 0 aliphatic heterocycles. The number of hydrogen-bond donors (Lipinski definition) is 3. The number of nitrogens with zero attached hydrogens (tertiary/aromatic N) is 2. The van der Waals surface area contributed by atoms with Gasteiger partial charge in [0.15, 0.2) is 0 Å². The third-order valence-corrected chi connectivity index (χ3v) is 4.35. The second-order valence-electron chi connectivity index (χ2n) is 5.81. The van der Waals surface area contributed by atoms with Gasteiger partial charge in [-0.2, -0.15) is 0 Å². The Morgan fingerprint density at radius 3 is 2.41 bits per heavy atom. The number of halogens is 1. The Labute approximate surface area is 161 Å². The number of benzene rings is 2. The van der Waals surface area contributed by atoms with Gasteiger partial charge in [0.1, 0.15) is 0 Å². The normalized spacial score (nSPS) is 10.5. The van der Waals surface area contributed by atoms with Gasteiger partial charge in [-0.3, -0.25) is 14.9 Å². The fourth-order valence-corrected chi connectivity index (χ4v) is 2.74. The van der Waals surface area contributed by atoms with Gasteiger partial charge >= 0.3 is 0 Å². The minimum Gasteiger partial charge on any atom is -0.395 e. The van der Waals surface area contributed by atoms with Crippen molar-refractivity contribution in [2.75, 3.05) is 36.5 Å². The van der Waals surface area contributed by atoms with Crippen LogP contribution in [0.4, 0.5) is 17.1 Å². The number of anilines is 2. The predicted octanol–water partition coefficient (Wildman–Crippen LogP) is 2.60. The maximum atomic E-state index is 12.8. The van der Waals surface area contributed by atoms with Crippen LogP contribution < -0.4 is 10.2 Å². The van der Waals surface area contributed by atoms with E-state index in [-0.39, 0.29) is 37.6 Å². The number of aliphatic hydroxyl groups is 2. The summed E-state index contributed by atoms with van der Waals surface area (Å²) in [7, 11) is 0. The smallest absolute Gasteiger partial charge is 0.270 e. The summed E-state index contributed by atoms with van der Waals surface area (Å²) in [6.45, 7) is 1.75. The van der Waals surface area contributed by atoms with Gasteiger partial charge in [-0.25, -0.2) is 0 Å². The number of nitro benzene ring substituents is 1. The van der Waals surface area contributed by atoms with E-state index in [0.717, 1.165) is 5.56 Å². The Bertz CT molecular complexity index is 838. The van der Waals surface area contributed by atoms with E-state index in [1.165, 1.54) is 18.2 Å². The molecule has 2 aromatic rings. The van der Waals surface area contributed by atoms with Crippen molar-refractivity contribution in [3.63, 3.8) is 0 Å². The van der Waals surface area contributed by atoms with Crippen molar-refractivity contribution in [2.24, 2.45) is 0 Å². The first kappa shape index (κ1) is 20.6. The Morgan fingerprint density at radius 1 is 1.19 bits per heavy atom. The molecule has 0 spiro atoms. The van der Waals surface area contributed by atoms with Gasteiger partial charge in [0.2, 0.25) is 0 Å². The number of rotatable bonds is 8. The number of amides is 1. The highest BCUT2D eigenvalue weighted by Crippen LogP contribution is 2.27. The van der Waals surface area contributed by atoms with Crippen LogP contribution >= 0.6 is 11.6 Å². The summed E-state index contributed by atoms with van der Waals surface area (Å²) in [5.41, 5.74) is 1.49. The van der Waals surface area contributed by atoms with Crippen LogP contribution in [0.5, 0.6) is 0 Å². The molecule has 0 aromatic heterocycles. The molecule has 2 aromatic carbocycles. The van der Waals surface area contributed by atoms with E-state index in [4.69, 9.17) is 11.6 Å². The average Bonchev–Trinajstić information content (AvgIpc) is 2.64. The van der Waals surface area contributed by atoms with Crippen molar-refractivity contribution in [2.45, 2.75) is 6.92 Å². The molecule has 0 heterocycles. The Hall–Kier alpha value is -2.68. The lowest BCUT2D eigenvalue weighted by Gasteiger charge is -2.25. The maximum Gasteiger partial charge on any atom is 0.270 e. The van der Waals surface area contributed by atoms with Crippen LogP contribution in [0.25, 0.3) is 0 Å². The molecule has 0 bridgehead atoms. The number of hydrogen-bond acceptors (Lipinski definition) is 6. The van der Waals surface area contributed by atoms with Crippen LogP contribution in [-0.4, -0.2) is 47.3 Å². The van der Waals surface area contributed by atoms with E-state index < -0.39 is 10.8 Å². The molecule has 9 heteroatoms. The number of nitrogens with one attached hydrogen (secondary N) is 1. The van der Waals surface area contributed by atoms with E-state index >= 15 is 0 Å². The van der Waals surface area contributed by atoms with Gasteiger partial charge in [-0.15, -0.1) is 0 Å². The molecule has 0 aliphatic rings. The van der Waals surface area contributed by atoms with Gasteiger partial charge in [0.25, 0.3) is 11.6 Å². The van der Waals surface area contributed by atoms with Gasteiger partial charge < -0.3 is 20.4 Å². The van der Waals surface area contributed by atoms with E-state index in [2.05, 4.69) is 5.32 Å². The highest BCUT2D eigenvalue weighted by Gasteiger charge is 2.20. The number of carbonyl (C=O) groups excluding carboxylic acids is 1. The first-order valence-electron chi connectivity index (χ1n) is 8.20. The zero-order chi connectivity index (χ0) is 20.0. The molecule has 144 valence electrons. The Kier molecular flexibility index (Phi) is 7.12. The first-order valence-corrected chi connectivity index (χ1v) is 8.57. The minimum atomic E-state index is -0.592. The monoisotopic (exact) mass is 393 g/mol. The van der Waals surface area contributed by atoms with Crippen molar-refractivity contribution >= 4 is 34.6 Å². The largest absolute Gasteiger partial charge is 0.395 e. The van der Waals surface area contributed by atoms with E-state index in [0.29, 0.717) is 16.4 Å². The molecule has 0 saturated carbocycles. The SMILES string of the molecule is Cc1ccc(NC(=O)c2cc([N+](=O)[O-])ccc2N(CCO)CCO)cc1Cl. The number of aliphatic hydroxyl groups excluding tert-OH is 2. The quantitative estimate of drug-likeness (QED) is 0.469. The topological polar surface area (TPSA) is 116 Å². The molecule has 0 atom stereocenters. The molecular formula is C18H20ClN3O5. The van der Waals surface area contributed by atoms with Gasteiger partial charge in [0.05, 0.1) is 29.4 Å². The van der Waals surface area contributed by atoms with Crippen LogP contribution in [0.15, 0.2) is 36.4 Å². The highest BCUT2D eigenvalue weighted by atomic mass is 35.5. The number of carbonyl (C=O) groups is 1. The van der Waals surface area contributed by atoms with Gasteiger partial charge in [-0.1, -0.05) is 17.7 Å². The summed E-state index contributed by atoms with van der Waals surface area (Å²) in [5.74, 6) is -0.561. The second kappa shape index (κ2) is 9.31. The zero-order valence-electron chi connectivity index (χ0n) is 14.7. The molecule has 0 aliphatic carbocycles. The van der Waals surface area contributed by atoms with Crippen LogP contribution in [0, 0.1) is 17.0 Å². The summed E-state index contributed by atoms with van der Waals surface area (Å²) in [6, 6.07) is 8.88.